The highest BCUT2D eigenvalue weighted by Crippen LogP contribution is 2.36. The Morgan fingerprint density at radius 1 is 1.33 bits per heavy atom. The molecule has 0 fully saturated rings. The van der Waals surface area contributed by atoms with Crippen LogP contribution >= 0.6 is 27.3 Å². The van der Waals surface area contributed by atoms with Crippen LogP contribution in [0.5, 0.6) is 5.75 Å². The number of nitrogens with one attached hydrogen (secondary N) is 1. The molecule has 1 heterocycles. The maximum atomic E-state index is 5.36. The molecule has 3 nitrogen and oxygen atoms in total. The minimum absolute atomic E-state index is 0.102. The minimum atomic E-state index is 0.102. The SMILES string of the molecule is CNC(c1nc2c(s1)CCCC2)c1cc(OC)ccc1Br. The van der Waals surface area contributed by atoms with E-state index in [0.717, 1.165) is 21.7 Å². The molecular formula is C16H19BrN2OS. The molecule has 0 bridgehead atoms. The number of methoxy groups -OCH3 is 1. The molecule has 0 spiro atoms. The van der Waals surface area contributed by atoms with E-state index >= 15 is 0 Å². The third-order valence-electron chi connectivity index (χ3n) is 3.91. The van der Waals surface area contributed by atoms with Gasteiger partial charge in [0.1, 0.15) is 10.8 Å². The number of fused-ring (bicyclic) bond motifs is 1. The lowest BCUT2D eigenvalue weighted by Crippen LogP contribution is -2.18. The van der Waals surface area contributed by atoms with E-state index in [1.165, 1.54) is 35.4 Å². The van der Waals surface area contributed by atoms with Crippen LogP contribution in [0, 0.1) is 0 Å². The van der Waals surface area contributed by atoms with E-state index < -0.39 is 0 Å². The Bertz CT molecular complexity index is 618. The first-order valence-corrected chi connectivity index (χ1v) is 8.83. The Morgan fingerprint density at radius 3 is 2.86 bits per heavy atom. The smallest absolute Gasteiger partial charge is 0.119 e. The normalized spacial score (nSPS) is 15.6. The molecule has 21 heavy (non-hydrogen) atoms. The molecule has 1 aliphatic carbocycles. The van der Waals surface area contributed by atoms with Crippen LogP contribution in [0.1, 0.15) is 40.0 Å². The molecule has 1 N–H and O–H groups in total. The fraction of sp³-hybridized carbons (Fsp3) is 0.438. The Morgan fingerprint density at radius 2 is 2.14 bits per heavy atom. The van der Waals surface area contributed by atoms with E-state index in [1.54, 1.807) is 7.11 Å². The zero-order chi connectivity index (χ0) is 14.8. The second kappa shape index (κ2) is 6.46. The van der Waals surface area contributed by atoms with E-state index in [2.05, 4.69) is 27.3 Å². The first-order valence-electron chi connectivity index (χ1n) is 7.22. The van der Waals surface area contributed by atoms with Crippen LogP contribution in [0.15, 0.2) is 22.7 Å². The van der Waals surface area contributed by atoms with Crippen molar-refractivity contribution in [2.75, 3.05) is 14.2 Å². The lowest BCUT2D eigenvalue weighted by Gasteiger charge is -2.16. The summed E-state index contributed by atoms with van der Waals surface area (Å²) in [5.74, 6) is 0.870. The van der Waals surface area contributed by atoms with Gasteiger partial charge >= 0.3 is 0 Å². The summed E-state index contributed by atoms with van der Waals surface area (Å²) in [7, 11) is 3.68. The molecular weight excluding hydrogens is 348 g/mol. The topological polar surface area (TPSA) is 34.2 Å². The van der Waals surface area contributed by atoms with Gasteiger partial charge in [-0.05, 0) is 56.5 Å². The van der Waals surface area contributed by atoms with Gasteiger partial charge in [0.2, 0.25) is 0 Å². The molecule has 2 aromatic rings. The predicted molar refractivity (Wildman–Crippen MR) is 90.4 cm³/mol. The fourth-order valence-electron chi connectivity index (χ4n) is 2.78. The summed E-state index contributed by atoms with van der Waals surface area (Å²) in [5, 5.41) is 4.55. The zero-order valence-corrected chi connectivity index (χ0v) is 14.7. The standard InChI is InChI=1S/C16H19BrN2OS/c1-18-15(11-9-10(20-2)7-8-12(11)17)16-19-13-5-3-4-6-14(13)21-16/h7-9,15,18H,3-6H2,1-2H3. The molecule has 0 amide bonds. The van der Waals surface area contributed by atoms with Crippen molar-refractivity contribution < 1.29 is 4.74 Å². The lowest BCUT2D eigenvalue weighted by molar-refractivity contribution is 0.413. The van der Waals surface area contributed by atoms with E-state index in [4.69, 9.17) is 9.72 Å². The van der Waals surface area contributed by atoms with Crippen molar-refractivity contribution in [2.45, 2.75) is 31.7 Å². The first kappa shape index (κ1) is 15.0. The van der Waals surface area contributed by atoms with Crippen LogP contribution in [0.25, 0.3) is 0 Å². The van der Waals surface area contributed by atoms with Crippen molar-refractivity contribution in [2.24, 2.45) is 0 Å². The summed E-state index contributed by atoms with van der Waals surface area (Å²) >= 11 is 5.50. The monoisotopic (exact) mass is 366 g/mol. The lowest BCUT2D eigenvalue weighted by atomic mass is 10.0. The van der Waals surface area contributed by atoms with Crippen LogP contribution < -0.4 is 10.1 Å². The Kier molecular flexibility index (Phi) is 4.62. The summed E-state index contributed by atoms with van der Waals surface area (Å²) in [6.07, 6.45) is 4.87. The molecule has 112 valence electrons. The largest absolute Gasteiger partial charge is 0.497 e. The number of hydrogen-bond donors (Lipinski definition) is 1. The van der Waals surface area contributed by atoms with Crippen molar-refractivity contribution in [3.63, 3.8) is 0 Å². The number of benzene rings is 1. The summed E-state index contributed by atoms with van der Waals surface area (Å²) in [6, 6.07) is 6.18. The van der Waals surface area contributed by atoms with Gasteiger partial charge in [-0.25, -0.2) is 4.98 Å². The third-order valence-corrected chi connectivity index (χ3v) is 5.86. The number of thiazole rings is 1. The molecule has 3 rings (SSSR count). The van der Waals surface area contributed by atoms with E-state index in [0.29, 0.717) is 0 Å². The van der Waals surface area contributed by atoms with Gasteiger partial charge in [0.05, 0.1) is 18.8 Å². The molecule has 1 aromatic carbocycles. The zero-order valence-electron chi connectivity index (χ0n) is 12.3. The minimum Gasteiger partial charge on any atom is -0.497 e. The second-order valence-corrected chi connectivity index (χ2v) is 7.21. The number of nitrogens with zero attached hydrogens (tertiary/aromatic N) is 1. The van der Waals surface area contributed by atoms with Crippen molar-refractivity contribution in [3.05, 3.63) is 43.8 Å². The van der Waals surface area contributed by atoms with Crippen LogP contribution in [0.2, 0.25) is 0 Å². The highest BCUT2D eigenvalue weighted by atomic mass is 79.9. The van der Waals surface area contributed by atoms with Gasteiger partial charge in [0.15, 0.2) is 0 Å². The van der Waals surface area contributed by atoms with Crippen LogP contribution in [-0.4, -0.2) is 19.1 Å². The first-order chi connectivity index (χ1) is 10.2. The van der Waals surface area contributed by atoms with Crippen LogP contribution in [0.3, 0.4) is 0 Å². The molecule has 5 heteroatoms. The average molecular weight is 367 g/mol. The number of hydrogen-bond acceptors (Lipinski definition) is 4. The molecule has 1 atom stereocenters. The van der Waals surface area contributed by atoms with Crippen molar-refractivity contribution in [1.29, 1.82) is 0 Å². The van der Waals surface area contributed by atoms with Gasteiger partial charge in [-0.3, -0.25) is 0 Å². The average Bonchev–Trinajstić information content (AvgIpc) is 2.93. The van der Waals surface area contributed by atoms with Crippen LogP contribution in [-0.2, 0) is 12.8 Å². The fourth-order valence-corrected chi connectivity index (χ4v) is 4.54. The van der Waals surface area contributed by atoms with Gasteiger partial charge in [-0.2, -0.15) is 0 Å². The highest BCUT2D eigenvalue weighted by molar-refractivity contribution is 9.10. The van der Waals surface area contributed by atoms with Gasteiger partial charge in [-0.15, -0.1) is 11.3 Å². The molecule has 0 saturated heterocycles. The van der Waals surface area contributed by atoms with Crippen molar-refractivity contribution >= 4 is 27.3 Å². The van der Waals surface area contributed by atoms with Gasteiger partial charge in [0, 0.05) is 9.35 Å². The molecule has 1 unspecified atom stereocenters. The summed E-state index contributed by atoms with van der Waals surface area (Å²) < 4.78 is 6.44. The second-order valence-electron chi connectivity index (χ2n) is 5.24. The Balaban J connectivity index is 2.00. The summed E-state index contributed by atoms with van der Waals surface area (Å²) in [6.45, 7) is 0. The number of aryl methyl sites for hydroxylation is 2. The third kappa shape index (κ3) is 3.00. The molecule has 0 radical (unpaired) electrons. The van der Waals surface area contributed by atoms with Gasteiger partial charge in [0.25, 0.3) is 0 Å². The van der Waals surface area contributed by atoms with Gasteiger partial charge < -0.3 is 10.1 Å². The highest BCUT2D eigenvalue weighted by Gasteiger charge is 2.23. The molecule has 1 aromatic heterocycles. The van der Waals surface area contributed by atoms with Crippen LogP contribution in [0.4, 0.5) is 0 Å². The Hall–Kier alpha value is -0.910. The van der Waals surface area contributed by atoms with E-state index in [9.17, 15) is 0 Å². The molecule has 1 aliphatic rings. The molecule has 0 aliphatic heterocycles. The van der Waals surface area contributed by atoms with Crippen molar-refractivity contribution in [1.82, 2.24) is 10.3 Å². The maximum Gasteiger partial charge on any atom is 0.119 e. The van der Waals surface area contributed by atoms with Gasteiger partial charge in [-0.1, -0.05) is 15.9 Å². The summed E-state index contributed by atoms with van der Waals surface area (Å²) in [4.78, 5) is 6.36. The van der Waals surface area contributed by atoms with E-state index in [1.807, 2.05) is 30.5 Å². The van der Waals surface area contributed by atoms with E-state index in [-0.39, 0.29) is 6.04 Å². The number of rotatable bonds is 4. The maximum absolute atomic E-state index is 5.36. The molecule has 0 saturated carbocycles. The number of halogens is 1. The quantitative estimate of drug-likeness (QED) is 0.884. The Labute approximate surface area is 137 Å². The summed E-state index contributed by atoms with van der Waals surface area (Å²) in [5.41, 5.74) is 2.48. The number of ether oxygens (including phenoxy) is 1. The van der Waals surface area contributed by atoms with Crippen molar-refractivity contribution in [3.8, 4) is 5.75 Å². The predicted octanol–water partition coefficient (Wildman–Crippen LogP) is 4.10. The number of aromatic nitrogens is 1.